The van der Waals surface area contributed by atoms with Crippen molar-refractivity contribution in [1.82, 2.24) is 0 Å². The minimum Gasteiger partial charge on any atom is -0.482 e. The van der Waals surface area contributed by atoms with Crippen LogP contribution < -0.4 is 9.47 Å². The summed E-state index contributed by atoms with van der Waals surface area (Å²) in [6, 6.07) is 21.7. The van der Waals surface area contributed by atoms with E-state index < -0.39 is 5.97 Å². The van der Waals surface area contributed by atoms with Crippen LogP contribution in [0.1, 0.15) is 36.5 Å². The van der Waals surface area contributed by atoms with Gasteiger partial charge in [-0.1, -0.05) is 61.9 Å². The summed E-state index contributed by atoms with van der Waals surface area (Å²) in [5.41, 5.74) is 5.88. The minimum atomic E-state index is -0.423. The van der Waals surface area contributed by atoms with Crippen molar-refractivity contribution in [2.45, 2.75) is 33.6 Å². The van der Waals surface area contributed by atoms with E-state index in [0.29, 0.717) is 17.4 Å². The molecule has 0 aliphatic heterocycles. The van der Waals surface area contributed by atoms with Crippen LogP contribution in [0.25, 0.3) is 11.1 Å². The highest BCUT2D eigenvalue weighted by Gasteiger charge is 2.09. The maximum Gasteiger partial charge on any atom is 0.349 e. The van der Waals surface area contributed by atoms with Crippen molar-refractivity contribution in [2.24, 2.45) is 0 Å². The van der Waals surface area contributed by atoms with Crippen LogP contribution in [0.3, 0.4) is 0 Å². The lowest BCUT2D eigenvalue weighted by atomic mass is 9.98. The van der Waals surface area contributed by atoms with Crippen molar-refractivity contribution in [3.63, 3.8) is 0 Å². The molecule has 0 spiro atoms. The lowest BCUT2D eigenvalue weighted by Gasteiger charge is -2.12. The highest BCUT2D eigenvalue weighted by atomic mass is 16.6. The lowest BCUT2D eigenvalue weighted by molar-refractivity contribution is -0.136. The molecular weight excluding hydrogens is 348 g/mol. The van der Waals surface area contributed by atoms with E-state index in [1.807, 2.05) is 30.3 Å². The van der Waals surface area contributed by atoms with Gasteiger partial charge in [0.15, 0.2) is 6.61 Å². The van der Waals surface area contributed by atoms with E-state index >= 15 is 0 Å². The van der Waals surface area contributed by atoms with Crippen molar-refractivity contribution < 1.29 is 14.3 Å². The molecule has 3 rings (SSSR count). The number of benzene rings is 3. The highest BCUT2D eigenvalue weighted by Crippen LogP contribution is 2.24. The first-order valence-corrected chi connectivity index (χ1v) is 9.53. The summed E-state index contributed by atoms with van der Waals surface area (Å²) in [5.74, 6) is 1.22. The second kappa shape index (κ2) is 8.75. The molecule has 0 amide bonds. The molecule has 3 nitrogen and oxygen atoms in total. The molecule has 0 radical (unpaired) electrons. The number of aryl methyl sites for hydroxylation is 2. The van der Waals surface area contributed by atoms with Crippen molar-refractivity contribution in [3.8, 4) is 22.6 Å². The molecule has 144 valence electrons. The zero-order chi connectivity index (χ0) is 20.1. The van der Waals surface area contributed by atoms with E-state index in [1.54, 1.807) is 12.1 Å². The quantitative estimate of drug-likeness (QED) is 0.387. The van der Waals surface area contributed by atoms with Crippen molar-refractivity contribution in [1.29, 1.82) is 0 Å². The third kappa shape index (κ3) is 5.01. The minimum absolute atomic E-state index is 0.125. The van der Waals surface area contributed by atoms with Gasteiger partial charge in [-0.15, -0.1) is 0 Å². The van der Waals surface area contributed by atoms with Gasteiger partial charge in [-0.2, -0.15) is 0 Å². The molecule has 28 heavy (non-hydrogen) atoms. The van der Waals surface area contributed by atoms with Crippen LogP contribution in [0, 0.1) is 13.8 Å². The fourth-order valence-electron chi connectivity index (χ4n) is 3.15. The average molecular weight is 374 g/mol. The van der Waals surface area contributed by atoms with Crippen LogP contribution in [0.4, 0.5) is 0 Å². The van der Waals surface area contributed by atoms with Gasteiger partial charge >= 0.3 is 5.97 Å². The number of rotatable bonds is 6. The van der Waals surface area contributed by atoms with Crippen LogP contribution in [0.15, 0.2) is 66.7 Å². The number of esters is 1. The van der Waals surface area contributed by atoms with Gasteiger partial charge in [0.25, 0.3) is 0 Å². The summed E-state index contributed by atoms with van der Waals surface area (Å²) in [4.78, 5) is 12.1. The molecule has 0 heterocycles. The first kappa shape index (κ1) is 19.7. The summed E-state index contributed by atoms with van der Waals surface area (Å²) in [7, 11) is 0. The van der Waals surface area contributed by atoms with Crippen molar-refractivity contribution in [2.75, 3.05) is 6.61 Å². The van der Waals surface area contributed by atoms with Gasteiger partial charge in [-0.25, -0.2) is 4.79 Å². The molecule has 0 fully saturated rings. The Kier molecular flexibility index (Phi) is 6.15. The lowest BCUT2D eigenvalue weighted by Crippen LogP contribution is -2.17. The van der Waals surface area contributed by atoms with E-state index in [9.17, 15) is 4.79 Å². The summed E-state index contributed by atoms with van der Waals surface area (Å²) in [6.07, 6.45) is 0. The van der Waals surface area contributed by atoms with Gasteiger partial charge in [-0.05, 0) is 66.3 Å². The number of carbonyl (C=O) groups is 1. The Balaban J connectivity index is 1.56. The van der Waals surface area contributed by atoms with Crippen molar-refractivity contribution >= 4 is 5.97 Å². The fourth-order valence-corrected chi connectivity index (χ4v) is 3.15. The Labute approximate surface area is 166 Å². The van der Waals surface area contributed by atoms with Crippen LogP contribution in [-0.4, -0.2) is 12.6 Å². The van der Waals surface area contributed by atoms with E-state index in [2.05, 4.69) is 52.0 Å². The monoisotopic (exact) mass is 374 g/mol. The molecule has 0 atom stereocenters. The molecule has 3 aromatic carbocycles. The second-order valence-corrected chi connectivity index (χ2v) is 7.33. The van der Waals surface area contributed by atoms with E-state index in [4.69, 9.17) is 9.47 Å². The van der Waals surface area contributed by atoms with Crippen LogP contribution >= 0.6 is 0 Å². The van der Waals surface area contributed by atoms with E-state index in [0.717, 1.165) is 16.7 Å². The first-order chi connectivity index (χ1) is 13.4. The van der Waals surface area contributed by atoms with E-state index in [-0.39, 0.29) is 6.61 Å². The largest absolute Gasteiger partial charge is 0.482 e. The number of hydrogen-bond donors (Lipinski definition) is 0. The summed E-state index contributed by atoms with van der Waals surface area (Å²) >= 11 is 0. The topological polar surface area (TPSA) is 35.5 Å². The molecular formula is C25H26O3. The molecule has 0 N–H and O–H groups in total. The first-order valence-electron chi connectivity index (χ1n) is 9.53. The third-order valence-corrected chi connectivity index (χ3v) is 4.69. The second-order valence-electron chi connectivity index (χ2n) is 7.33. The Morgan fingerprint density at radius 3 is 1.96 bits per heavy atom. The Morgan fingerprint density at radius 1 is 0.821 bits per heavy atom. The average Bonchev–Trinajstić information content (AvgIpc) is 2.67. The normalized spacial score (nSPS) is 10.8. The molecule has 0 saturated carbocycles. The zero-order valence-corrected chi connectivity index (χ0v) is 16.9. The molecule has 0 aliphatic rings. The molecule has 3 heteroatoms. The Hall–Kier alpha value is -3.07. The number of ether oxygens (including phenoxy) is 2. The third-order valence-electron chi connectivity index (χ3n) is 4.69. The van der Waals surface area contributed by atoms with Gasteiger partial charge in [0.2, 0.25) is 0 Å². The molecule has 0 aromatic heterocycles. The molecule has 0 unspecified atom stereocenters. The Morgan fingerprint density at radius 2 is 1.39 bits per heavy atom. The SMILES string of the molecule is Cc1ccc(-c2ccc(OC(=O)COc3ccc(C(C)C)c(C)c3)cc2)cc1. The predicted molar refractivity (Wildman–Crippen MR) is 113 cm³/mol. The summed E-state index contributed by atoms with van der Waals surface area (Å²) in [5, 5.41) is 0. The Bertz CT molecular complexity index is 939. The fraction of sp³-hybridized carbons (Fsp3) is 0.240. The number of hydrogen-bond acceptors (Lipinski definition) is 3. The van der Waals surface area contributed by atoms with Crippen LogP contribution in [0.5, 0.6) is 11.5 Å². The van der Waals surface area contributed by atoms with Gasteiger partial charge in [0.1, 0.15) is 11.5 Å². The van der Waals surface area contributed by atoms with Crippen LogP contribution in [0.2, 0.25) is 0 Å². The zero-order valence-electron chi connectivity index (χ0n) is 16.9. The van der Waals surface area contributed by atoms with Gasteiger partial charge in [0, 0.05) is 0 Å². The number of carbonyl (C=O) groups excluding carboxylic acids is 1. The highest BCUT2D eigenvalue weighted by molar-refractivity contribution is 5.74. The molecule has 0 saturated heterocycles. The standard InChI is InChI=1S/C25H26O3/c1-17(2)24-14-13-23(15-19(24)4)27-16-25(26)28-22-11-9-21(10-12-22)20-7-5-18(3)6-8-20/h5-15,17H,16H2,1-4H3. The smallest absolute Gasteiger partial charge is 0.349 e. The maximum absolute atomic E-state index is 12.1. The summed E-state index contributed by atoms with van der Waals surface area (Å²) < 4.78 is 11.0. The molecule has 0 aliphatic carbocycles. The van der Waals surface area contributed by atoms with Gasteiger partial charge < -0.3 is 9.47 Å². The molecule has 3 aromatic rings. The summed E-state index contributed by atoms with van der Waals surface area (Å²) in [6.45, 7) is 8.30. The maximum atomic E-state index is 12.1. The van der Waals surface area contributed by atoms with Gasteiger partial charge in [-0.3, -0.25) is 0 Å². The van der Waals surface area contributed by atoms with Crippen molar-refractivity contribution in [3.05, 3.63) is 83.4 Å². The van der Waals surface area contributed by atoms with Crippen LogP contribution in [-0.2, 0) is 4.79 Å². The molecule has 0 bridgehead atoms. The van der Waals surface area contributed by atoms with E-state index in [1.165, 1.54) is 11.1 Å². The van der Waals surface area contributed by atoms with Gasteiger partial charge in [0.05, 0.1) is 0 Å². The predicted octanol–water partition coefficient (Wildman–Crippen LogP) is 6.08.